The number of benzene rings is 1. The lowest BCUT2D eigenvalue weighted by Gasteiger charge is -2.35. The number of aldehydes is 1. The van der Waals surface area contributed by atoms with Crippen molar-refractivity contribution in [3.8, 4) is 0 Å². The first-order valence-corrected chi connectivity index (χ1v) is 5.64. The fourth-order valence-corrected chi connectivity index (χ4v) is 2.27. The van der Waals surface area contributed by atoms with Gasteiger partial charge in [0, 0.05) is 24.8 Å². The molecule has 0 heterocycles. The van der Waals surface area contributed by atoms with Crippen LogP contribution in [-0.4, -0.2) is 31.1 Å². The highest BCUT2D eigenvalue weighted by molar-refractivity contribution is 5.84. The Hall–Kier alpha value is -1.35. The molecule has 1 saturated carbocycles. The lowest BCUT2D eigenvalue weighted by Crippen LogP contribution is -2.37. The lowest BCUT2D eigenvalue weighted by molar-refractivity contribution is 0.0464. The van der Waals surface area contributed by atoms with E-state index in [0.29, 0.717) is 5.92 Å². The van der Waals surface area contributed by atoms with Crippen LogP contribution in [0.5, 0.6) is 0 Å². The maximum absolute atomic E-state index is 10.9. The third-order valence-electron chi connectivity index (χ3n) is 3.22. The molecule has 0 aliphatic heterocycles. The van der Waals surface area contributed by atoms with Crippen molar-refractivity contribution in [2.45, 2.75) is 18.9 Å². The van der Waals surface area contributed by atoms with Gasteiger partial charge in [0.15, 0.2) is 6.29 Å². The first kappa shape index (κ1) is 11.1. The highest BCUT2D eigenvalue weighted by Crippen LogP contribution is 2.29. The molecule has 1 aromatic rings. The Morgan fingerprint density at radius 1 is 1.44 bits per heavy atom. The van der Waals surface area contributed by atoms with Crippen molar-refractivity contribution in [3.63, 3.8) is 0 Å². The molecule has 2 rings (SSSR count). The van der Waals surface area contributed by atoms with E-state index in [2.05, 4.69) is 4.90 Å². The second kappa shape index (κ2) is 4.66. The zero-order valence-electron chi connectivity index (χ0n) is 9.47. The summed E-state index contributed by atoms with van der Waals surface area (Å²) in [6, 6.07) is 7.59. The van der Waals surface area contributed by atoms with Gasteiger partial charge in [0.25, 0.3) is 0 Å². The monoisotopic (exact) mass is 219 g/mol. The SMILES string of the molecule is CN(CC1CC(O)C1)c1ccccc1C=O. The first-order chi connectivity index (χ1) is 7.70. The van der Waals surface area contributed by atoms with Crippen LogP contribution >= 0.6 is 0 Å². The molecular formula is C13H17NO2. The molecule has 0 bridgehead atoms. The Labute approximate surface area is 95.7 Å². The quantitative estimate of drug-likeness (QED) is 0.784. The molecule has 1 aliphatic carbocycles. The largest absolute Gasteiger partial charge is 0.393 e. The fourth-order valence-electron chi connectivity index (χ4n) is 2.27. The normalized spacial score (nSPS) is 23.6. The summed E-state index contributed by atoms with van der Waals surface area (Å²) in [5.41, 5.74) is 1.70. The van der Waals surface area contributed by atoms with Gasteiger partial charge in [-0.1, -0.05) is 12.1 Å². The van der Waals surface area contributed by atoms with Crippen molar-refractivity contribution in [3.05, 3.63) is 29.8 Å². The van der Waals surface area contributed by atoms with Crippen LogP contribution in [0.25, 0.3) is 0 Å². The van der Waals surface area contributed by atoms with Crippen LogP contribution in [0.1, 0.15) is 23.2 Å². The minimum atomic E-state index is -0.111. The van der Waals surface area contributed by atoms with Gasteiger partial charge in [0.2, 0.25) is 0 Å². The molecule has 0 spiro atoms. The average molecular weight is 219 g/mol. The summed E-state index contributed by atoms with van der Waals surface area (Å²) < 4.78 is 0. The molecule has 1 N–H and O–H groups in total. The smallest absolute Gasteiger partial charge is 0.152 e. The third kappa shape index (κ3) is 2.25. The molecule has 0 atom stereocenters. The Morgan fingerprint density at radius 2 is 2.12 bits per heavy atom. The predicted molar refractivity (Wildman–Crippen MR) is 63.8 cm³/mol. The Balaban J connectivity index is 2.02. The number of rotatable bonds is 4. The van der Waals surface area contributed by atoms with Gasteiger partial charge in [-0.15, -0.1) is 0 Å². The van der Waals surface area contributed by atoms with Gasteiger partial charge in [-0.25, -0.2) is 0 Å². The van der Waals surface area contributed by atoms with Crippen LogP contribution in [0.15, 0.2) is 24.3 Å². The van der Waals surface area contributed by atoms with Crippen molar-refractivity contribution in [2.24, 2.45) is 5.92 Å². The maximum atomic E-state index is 10.9. The molecule has 16 heavy (non-hydrogen) atoms. The number of carbonyl (C=O) groups is 1. The summed E-state index contributed by atoms with van der Waals surface area (Å²) in [4.78, 5) is 13.0. The van der Waals surface area contributed by atoms with Gasteiger partial charge >= 0.3 is 0 Å². The van der Waals surface area contributed by atoms with Crippen LogP contribution in [0.4, 0.5) is 5.69 Å². The second-order valence-electron chi connectivity index (χ2n) is 4.55. The van der Waals surface area contributed by atoms with Crippen molar-refractivity contribution in [1.82, 2.24) is 0 Å². The number of anilines is 1. The highest BCUT2D eigenvalue weighted by Gasteiger charge is 2.28. The number of aliphatic hydroxyl groups is 1. The molecule has 1 fully saturated rings. The van der Waals surface area contributed by atoms with E-state index in [4.69, 9.17) is 0 Å². The van der Waals surface area contributed by atoms with E-state index in [1.54, 1.807) is 0 Å². The summed E-state index contributed by atoms with van der Waals surface area (Å²) in [5, 5.41) is 9.23. The van der Waals surface area contributed by atoms with E-state index in [-0.39, 0.29) is 6.10 Å². The van der Waals surface area contributed by atoms with E-state index in [1.165, 1.54) is 0 Å². The second-order valence-corrected chi connectivity index (χ2v) is 4.55. The standard InChI is InChI=1S/C13H17NO2/c1-14(8-10-6-12(16)7-10)13-5-3-2-4-11(13)9-15/h2-5,9-10,12,16H,6-8H2,1H3. The van der Waals surface area contributed by atoms with Gasteiger partial charge in [-0.2, -0.15) is 0 Å². The van der Waals surface area contributed by atoms with Crippen molar-refractivity contribution in [1.29, 1.82) is 0 Å². The van der Waals surface area contributed by atoms with Crippen LogP contribution in [0.2, 0.25) is 0 Å². The molecule has 0 saturated heterocycles. The minimum Gasteiger partial charge on any atom is -0.393 e. The van der Waals surface area contributed by atoms with Crippen molar-refractivity contribution >= 4 is 12.0 Å². The Bertz CT molecular complexity index is 372. The van der Waals surface area contributed by atoms with Crippen LogP contribution in [0.3, 0.4) is 0 Å². The molecule has 86 valence electrons. The van der Waals surface area contributed by atoms with Crippen LogP contribution < -0.4 is 4.90 Å². The minimum absolute atomic E-state index is 0.111. The van der Waals surface area contributed by atoms with Crippen molar-refractivity contribution < 1.29 is 9.90 Å². The Kier molecular flexibility index (Phi) is 3.25. The van der Waals surface area contributed by atoms with E-state index >= 15 is 0 Å². The molecule has 0 radical (unpaired) electrons. The molecule has 1 aliphatic rings. The van der Waals surface area contributed by atoms with Gasteiger partial charge in [-0.05, 0) is 30.9 Å². The molecule has 0 amide bonds. The summed E-state index contributed by atoms with van der Waals surface area (Å²) in [5.74, 6) is 0.555. The summed E-state index contributed by atoms with van der Waals surface area (Å²) >= 11 is 0. The van der Waals surface area contributed by atoms with Crippen molar-refractivity contribution in [2.75, 3.05) is 18.5 Å². The number of carbonyl (C=O) groups excluding carboxylic acids is 1. The first-order valence-electron chi connectivity index (χ1n) is 5.64. The Morgan fingerprint density at radius 3 is 2.75 bits per heavy atom. The molecule has 3 heteroatoms. The predicted octanol–water partition coefficient (Wildman–Crippen LogP) is 1.71. The summed E-state index contributed by atoms with van der Waals surface area (Å²) in [7, 11) is 1.99. The van der Waals surface area contributed by atoms with E-state index < -0.39 is 0 Å². The third-order valence-corrected chi connectivity index (χ3v) is 3.22. The molecule has 3 nitrogen and oxygen atoms in total. The highest BCUT2D eigenvalue weighted by atomic mass is 16.3. The van der Waals surface area contributed by atoms with Crippen LogP contribution in [0, 0.1) is 5.92 Å². The van der Waals surface area contributed by atoms with Gasteiger partial charge in [-0.3, -0.25) is 4.79 Å². The summed E-state index contributed by atoms with van der Waals surface area (Å²) in [6.07, 6.45) is 2.54. The fraction of sp³-hybridized carbons (Fsp3) is 0.462. The lowest BCUT2D eigenvalue weighted by atomic mass is 9.82. The number of hydrogen-bond acceptors (Lipinski definition) is 3. The van der Waals surface area contributed by atoms with Gasteiger partial charge in [0.05, 0.1) is 6.10 Å². The van der Waals surface area contributed by atoms with E-state index in [1.807, 2.05) is 31.3 Å². The number of hydrogen-bond donors (Lipinski definition) is 1. The average Bonchev–Trinajstić information content (AvgIpc) is 2.27. The number of nitrogens with zero attached hydrogens (tertiary/aromatic N) is 1. The molecule has 0 aromatic heterocycles. The topological polar surface area (TPSA) is 40.5 Å². The molecular weight excluding hydrogens is 202 g/mol. The zero-order valence-corrected chi connectivity index (χ0v) is 9.47. The maximum Gasteiger partial charge on any atom is 0.152 e. The van der Waals surface area contributed by atoms with E-state index in [0.717, 1.165) is 36.9 Å². The van der Waals surface area contributed by atoms with Crippen LogP contribution in [-0.2, 0) is 0 Å². The number of para-hydroxylation sites is 1. The number of aliphatic hydroxyl groups excluding tert-OH is 1. The summed E-state index contributed by atoms with van der Waals surface area (Å²) in [6.45, 7) is 0.905. The van der Waals surface area contributed by atoms with Gasteiger partial charge in [0.1, 0.15) is 0 Å². The molecule has 1 aromatic carbocycles. The van der Waals surface area contributed by atoms with E-state index in [9.17, 15) is 9.90 Å². The van der Waals surface area contributed by atoms with Gasteiger partial charge < -0.3 is 10.0 Å². The molecule has 0 unspecified atom stereocenters. The zero-order chi connectivity index (χ0) is 11.5.